The van der Waals surface area contributed by atoms with E-state index in [1.54, 1.807) is 0 Å². The third-order valence-electron chi connectivity index (χ3n) is 2.94. The molecule has 0 fully saturated rings. The summed E-state index contributed by atoms with van der Waals surface area (Å²) in [5, 5.41) is 2.99. The number of anilines is 1. The van der Waals surface area contributed by atoms with Gasteiger partial charge < -0.3 is 5.32 Å². The van der Waals surface area contributed by atoms with Gasteiger partial charge in [-0.1, -0.05) is 18.2 Å². The second-order valence-electron chi connectivity index (χ2n) is 4.17. The lowest BCUT2D eigenvalue weighted by Gasteiger charge is -2.10. The third-order valence-corrected chi connectivity index (χ3v) is 2.94. The van der Waals surface area contributed by atoms with E-state index in [0.717, 1.165) is 16.7 Å². The summed E-state index contributed by atoms with van der Waals surface area (Å²) in [6.07, 6.45) is 1.21. The van der Waals surface area contributed by atoms with Crippen molar-refractivity contribution >= 4 is 5.95 Å². The monoisotopic (exact) mass is 245 g/mol. The van der Waals surface area contributed by atoms with Crippen LogP contribution in [0.1, 0.15) is 18.1 Å². The molecule has 2 rings (SSSR count). The molecule has 0 aliphatic heterocycles. The van der Waals surface area contributed by atoms with Gasteiger partial charge in [-0.15, -0.1) is 0 Å². The highest BCUT2D eigenvalue weighted by Crippen LogP contribution is 2.26. The van der Waals surface area contributed by atoms with Crippen molar-refractivity contribution in [1.29, 1.82) is 0 Å². The largest absolute Gasteiger partial charge is 0.354 e. The summed E-state index contributed by atoms with van der Waals surface area (Å²) in [6.45, 7) is 6.63. The fourth-order valence-electron chi connectivity index (χ4n) is 1.81. The van der Waals surface area contributed by atoms with E-state index in [1.165, 1.54) is 6.20 Å². The molecule has 94 valence electrons. The van der Waals surface area contributed by atoms with Crippen molar-refractivity contribution in [3.05, 3.63) is 41.3 Å². The lowest BCUT2D eigenvalue weighted by Crippen LogP contribution is -2.04. The minimum atomic E-state index is -0.398. The zero-order chi connectivity index (χ0) is 13.1. The molecule has 0 spiro atoms. The Morgan fingerprint density at radius 1 is 1.28 bits per heavy atom. The fourth-order valence-corrected chi connectivity index (χ4v) is 1.81. The molecule has 0 amide bonds. The molecule has 0 unspecified atom stereocenters. The van der Waals surface area contributed by atoms with Crippen molar-refractivity contribution in [3.8, 4) is 11.3 Å². The van der Waals surface area contributed by atoms with Crippen LogP contribution in [0, 0.1) is 19.7 Å². The van der Waals surface area contributed by atoms with Crippen LogP contribution in [0.3, 0.4) is 0 Å². The van der Waals surface area contributed by atoms with Gasteiger partial charge in [0.05, 0.1) is 6.20 Å². The highest BCUT2D eigenvalue weighted by atomic mass is 19.1. The topological polar surface area (TPSA) is 37.8 Å². The van der Waals surface area contributed by atoms with E-state index in [0.29, 0.717) is 18.2 Å². The predicted molar refractivity (Wildman–Crippen MR) is 71.1 cm³/mol. The molecule has 1 aromatic carbocycles. The highest BCUT2D eigenvalue weighted by Gasteiger charge is 2.12. The average Bonchev–Trinajstić information content (AvgIpc) is 2.36. The van der Waals surface area contributed by atoms with Gasteiger partial charge in [0.1, 0.15) is 5.69 Å². The maximum absolute atomic E-state index is 13.9. The van der Waals surface area contributed by atoms with Gasteiger partial charge in [-0.05, 0) is 31.9 Å². The van der Waals surface area contributed by atoms with Crippen LogP contribution in [0.5, 0.6) is 0 Å². The first-order valence-electron chi connectivity index (χ1n) is 5.96. The van der Waals surface area contributed by atoms with Gasteiger partial charge in [-0.25, -0.2) is 14.4 Å². The summed E-state index contributed by atoms with van der Waals surface area (Å²) in [6, 6.07) is 5.79. The molecular weight excluding hydrogens is 229 g/mol. The van der Waals surface area contributed by atoms with Crippen LogP contribution >= 0.6 is 0 Å². The Balaban J connectivity index is 2.55. The van der Waals surface area contributed by atoms with Gasteiger partial charge in [0.25, 0.3) is 0 Å². The summed E-state index contributed by atoms with van der Waals surface area (Å²) in [4.78, 5) is 8.15. The summed E-state index contributed by atoms with van der Waals surface area (Å²) in [5.41, 5.74) is 3.32. The number of benzene rings is 1. The molecule has 0 radical (unpaired) electrons. The Morgan fingerprint density at radius 3 is 2.78 bits per heavy atom. The van der Waals surface area contributed by atoms with Crippen molar-refractivity contribution in [2.24, 2.45) is 0 Å². The minimum Gasteiger partial charge on any atom is -0.354 e. The molecule has 0 saturated heterocycles. The molecule has 3 nitrogen and oxygen atoms in total. The van der Waals surface area contributed by atoms with E-state index in [4.69, 9.17) is 0 Å². The SMILES string of the molecule is CCNc1ncc(F)c(-c2cccc(C)c2C)n1. The van der Waals surface area contributed by atoms with Crippen molar-refractivity contribution < 1.29 is 4.39 Å². The smallest absolute Gasteiger partial charge is 0.223 e. The van der Waals surface area contributed by atoms with Gasteiger partial charge in [0.2, 0.25) is 5.95 Å². The maximum Gasteiger partial charge on any atom is 0.223 e. The number of aromatic nitrogens is 2. The lowest BCUT2D eigenvalue weighted by molar-refractivity contribution is 0.618. The standard InChI is InChI=1S/C14H16FN3/c1-4-16-14-17-8-12(15)13(18-14)11-7-5-6-9(2)10(11)3/h5-8H,4H2,1-3H3,(H,16,17,18). The van der Waals surface area contributed by atoms with Crippen LogP contribution in [0.15, 0.2) is 24.4 Å². The van der Waals surface area contributed by atoms with Gasteiger partial charge in [-0.3, -0.25) is 0 Å². The van der Waals surface area contributed by atoms with E-state index >= 15 is 0 Å². The summed E-state index contributed by atoms with van der Waals surface area (Å²) in [5.74, 6) is 0.0557. The summed E-state index contributed by atoms with van der Waals surface area (Å²) < 4.78 is 13.9. The van der Waals surface area contributed by atoms with Gasteiger partial charge in [-0.2, -0.15) is 0 Å². The van der Waals surface area contributed by atoms with Crippen molar-refractivity contribution in [3.63, 3.8) is 0 Å². The molecule has 0 aliphatic carbocycles. The molecule has 1 heterocycles. The molecule has 0 bridgehead atoms. The Labute approximate surface area is 106 Å². The van der Waals surface area contributed by atoms with E-state index < -0.39 is 5.82 Å². The van der Waals surface area contributed by atoms with E-state index in [1.807, 2.05) is 39.0 Å². The zero-order valence-corrected chi connectivity index (χ0v) is 10.8. The van der Waals surface area contributed by atoms with Gasteiger partial charge in [0.15, 0.2) is 5.82 Å². The normalized spacial score (nSPS) is 10.4. The van der Waals surface area contributed by atoms with Crippen LogP contribution in [0.25, 0.3) is 11.3 Å². The van der Waals surface area contributed by atoms with Crippen molar-refractivity contribution in [1.82, 2.24) is 9.97 Å². The molecule has 18 heavy (non-hydrogen) atoms. The molecule has 0 saturated carbocycles. The third kappa shape index (κ3) is 2.32. The first-order chi connectivity index (χ1) is 8.63. The maximum atomic E-state index is 13.9. The molecule has 0 aliphatic rings. The predicted octanol–water partition coefficient (Wildman–Crippen LogP) is 3.33. The van der Waals surface area contributed by atoms with Crippen molar-refractivity contribution in [2.45, 2.75) is 20.8 Å². The first-order valence-corrected chi connectivity index (χ1v) is 5.96. The lowest BCUT2D eigenvalue weighted by atomic mass is 10.0. The fraction of sp³-hybridized carbons (Fsp3) is 0.286. The van der Waals surface area contributed by atoms with Crippen LogP contribution < -0.4 is 5.32 Å². The second kappa shape index (κ2) is 5.12. The van der Waals surface area contributed by atoms with E-state index in [2.05, 4.69) is 15.3 Å². The molecule has 1 aromatic heterocycles. The Hall–Kier alpha value is -1.97. The average molecular weight is 245 g/mol. The van der Waals surface area contributed by atoms with Crippen LogP contribution in [0.2, 0.25) is 0 Å². The van der Waals surface area contributed by atoms with Crippen LogP contribution in [0.4, 0.5) is 10.3 Å². The Morgan fingerprint density at radius 2 is 2.06 bits per heavy atom. The zero-order valence-electron chi connectivity index (χ0n) is 10.8. The number of rotatable bonds is 3. The molecule has 2 aromatic rings. The molecule has 4 heteroatoms. The van der Waals surface area contributed by atoms with Crippen LogP contribution in [-0.4, -0.2) is 16.5 Å². The van der Waals surface area contributed by atoms with E-state index in [-0.39, 0.29) is 0 Å². The van der Waals surface area contributed by atoms with Crippen molar-refractivity contribution in [2.75, 3.05) is 11.9 Å². The first kappa shape index (κ1) is 12.5. The number of hydrogen-bond acceptors (Lipinski definition) is 3. The van der Waals surface area contributed by atoms with Gasteiger partial charge in [0, 0.05) is 12.1 Å². The Bertz CT molecular complexity index is 567. The number of hydrogen-bond donors (Lipinski definition) is 1. The number of nitrogens with one attached hydrogen (secondary N) is 1. The summed E-state index contributed by atoms with van der Waals surface area (Å²) in [7, 11) is 0. The summed E-state index contributed by atoms with van der Waals surface area (Å²) >= 11 is 0. The Kier molecular flexibility index (Phi) is 3.55. The number of halogens is 1. The van der Waals surface area contributed by atoms with Crippen LogP contribution in [-0.2, 0) is 0 Å². The highest BCUT2D eigenvalue weighted by molar-refractivity contribution is 5.66. The molecule has 0 atom stereocenters. The van der Waals surface area contributed by atoms with E-state index in [9.17, 15) is 4.39 Å². The second-order valence-corrected chi connectivity index (χ2v) is 4.17. The quantitative estimate of drug-likeness (QED) is 0.901. The van der Waals surface area contributed by atoms with Gasteiger partial charge >= 0.3 is 0 Å². The molecule has 1 N–H and O–H groups in total. The molecular formula is C14H16FN3. The number of aryl methyl sites for hydroxylation is 1. The minimum absolute atomic E-state index is 0.349. The number of nitrogens with zero attached hydrogens (tertiary/aromatic N) is 2.